The van der Waals surface area contributed by atoms with Crippen LogP contribution < -0.4 is 10.1 Å². The van der Waals surface area contributed by atoms with Crippen LogP contribution in [0.4, 0.5) is 4.39 Å². The lowest BCUT2D eigenvalue weighted by molar-refractivity contribution is 0.141. The molecular formula is C25H20FN5O. The zero-order chi connectivity index (χ0) is 21.5. The first-order valence-corrected chi connectivity index (χ1v) is 10.6. The van der Waals surface area contributed by atoms with Gasteiger partial charge in [0.15, 0.2) is 6.17 Å². The molecule has 0 radical (unpaired) electrons. The number of hydrogen-bond donors (Lipinski definition) is 1. The number of nitrogens with one attached hydrogen (secondary N) is 1. The number of benzene rings is 1. The first-order chi connectivity index (χ1) is 15.8. The number of hydrogen-bond acceptors (Lipinski definition) is 5. The fraction of sp³-hybridized carbons (Fsp3) is 0.160. The average molecular weight is 425 g/mol. The first kappa shape index (κ1) is 18.9. The van der Waals surface area contributed by atoms with Crippen LogP contribution in [-0.4, -0.2) is 44.7 Å². The fourth-order valence-electron chi connectivity index (χ4n) is 4.14. The lowest BCUT2D eigenvalue weighted by Gasteiger charge is -2.16. The van der Waals surface area contributed by atoms with Crippen molar-refractivity contribution >= 4 is 16.6 Å². The van der Waals surface area contributed by atoms with Crippen LogP contribution in [0.5, 0.6) is 5.75 Å². The normalized spacial score (nSPS) is 18.4. The molecule has 0 aliphatic carbocycles. The molecule has 1 aliphatic rings. The van der Waals surface area contributed by atoms with Gasteiger partial charge >= 0.3 is 0 Å². The smallest absolute Gasteiger partial charge is 0.150 e. The van der Waals surface area contributed by atoms with Gasteiger partial charge in [-0.2, -0.15) is 0 Å². The Morgan fingerprint density at radius 3 is 2.81 bits per heavy atom. The van der Waals surface area contributed by atoms with E-state index in [-0.39, 0.29) is 0 Å². The lowest BCUT2D eigenvalue weighted by Crippen LogP contribution is -2.27. The standard InChI is InChI=1S/C25H20FN5O/c26-19-13-28-15-23(19)32-22-5-1-3-16-6-7-20(30-25(16)22)21-14-29-24-11-17(8-10-31(21)24)18-4-2-9-27-12-18/h1-12,14,19,23,28H,13,15H2. The summed E-state index contributed by atoms with van der Waals surface area (Å²) in [5, 5.41) is 3.97. The predicted molar refractivity (Wildman–Crippen MR) is 121 cm³/mol. The van der Waals surface area contributed by atoms with Crippen LogP contribution in [0.1, 0.15) is 0 Å². The number of nitrogens with zero attached hydrogens (tertiary/aromatic N) is 4. The lowest BCUT2D eigenvalue weighted by atomic mass is 10.1. The molecule has 7 heteroatoms. The summed E-state index contributed by atoms with van der Waals surface area (Å²) in [7, 11) is 0. The second kappa shape index (κ2) is 7.69. The number of aromatic nitrogens is 4. The topological polar surface area (TPSA) is 64.3 Å². The van der Waals surface area contributed by atoms with E-state index in [2.05, 4.69) is 15.3 Å². The van der Waals surface area contributed by atoms with Crippen molar-refractivity contribution in [1.82, 2.24) is 24.7 Å². The van der Waals surface area contributed by atoms with Crippen LogP contribution in [0.2, 0.25) is 0 Å². The number of halogens is 1. The second-order valence-electron chi connectivity index (χ2n) is 7.88. The molecule has 4 aromatic heterocycles. The molecule has 32 heavy (non-hydrogen) atoms. The maximum atomic E-state index is 14.1. The van der Waals surface area contributed by atoms with Crippen LogP contribution in [0.25, 0.3) is 39.1 Å². The minimum absolute atomic E-state index is 0.316. The van der Waals surface area contributed by atoms with Gasteiger partial charge in [0.1, 0.15) is 23.0 Å². The van der Waals surface area contributed by atoms with Crippen molar-refractivity contribution < 1.29 is 9.13 Å². The van der Waals surface area contributed by atoms with Crippen LogP contribution >= 0.6 is 0 Å². The minimum Gasteiger partial charge on any atom is -0.484 e. The fourth-order valence-corrected chi connectivity index (χ4v) is 4.14. The molecule has 158 valence electrons. The number of para-hydroxylation sites is 1. The number of alkyl halides is 1. The molecule has 1 aromatic carbocycles. The molecule has 1 fully saturated rings. The first-order valence-electron chi connectivity index (χ1n) is 10.6. The molecule has 1 N–H and O–H groups in total. The van der Waals surface area contributed by atoms with Crippen molar-refractivity contribution in [1.29, 1.82) is 0 Å². The van der Waals surface area contributed by atoms with Gasteiger partial charge < -0.3 is 10.1 Å². The molecule has 6 nitrogen and oxygen atoms in total. The third-order valence-electron chi connectivity index (χ3n) is 5.82. The maximum Gasteiger partial charge on any atom is 0.150 e. The molecular weight excluding hydrogens is 405 g/mol. The van der Waals surface area contributed by atoms with E-state index in [1.165, 1.54) is 0 Å². The van der Waals surface area contributed by atoms with Crippen molar-refractivity contribution in [3.8, 4) is 28.3 Å². The van der Waals surface area contributed by atoms with E-state index in [0.717, 1.165) is 33.5 Å². The van der Waals surface area contributed by atoms with Crippen molar-refractivity contribution in [2.24, 2.45) is 0 Å². The maximum absolute atomic E-state index is 14.1. The summed E-state index contributed by atoms with van der Waals surface area (Å²) in [5.74, 6) is 0.591. The van der Waals surface area contributed by atoms with Crippen molar-refractivity contribution in [2.45, 2.75) is 12.3 Å². The van der Waals surface area contributed by atoms with E-state index in [1.54, 1.807) is 6.20 Å². The molecule has 0 amide bonds. The zero-order valence-electron chi connectivity index (χ0n) is 17.1. The summed E-state index contributed by atoms with van der Waals surface area (Å²) >= 11 is 0. The van der Waals surface area contributed by atoms with Gasteiger partial charge in [0.05, 0.1) is 17.6 Å². The Morgan fingerprint density at radius 2 is 1.97 bits per heavy atom. The summed E-state index contributed by atoms with van der Waals surface area (Å²) in [5.41, 5.74) is 5.28. The Bertz CT molecular complexity index is 1420. The molecule has 5 aromatic rings. The molecule has 1 saturated heterocycles. The van der Waals surface area contributed by atoms with Gasteiger partial charge in [-0.1, -0.05) is 24.3 Å². The molecule has 5 heterocycles. The Hall–Kier alpha value is -3.84. The number of pyridine rings is 3. The second-order valence-corrected chi connectivity index (χ2v) is 7.88. The Labute approximate surface area is 183 Å². The number of ether oxygens (including phenoxy) is 1. The Kier molecular flexibility index (Phi) is 4.54. The van der Waals surface area contributed by atoms with Crippen LogP contribution in [0, 0.1) is 0 Å². The number of rotatable bonds is 4. The predicted octanol–water partition coefficient (Wildman–Crippen LogP) is 4.30. The van der Waals surface area contributed by atoms with Gasteiger partial charge in [-0.25, -0.2) is 14.4 Å². The largest absolute Gasteiger partial charge is 0.484 e. The molecule has 6 rings (SSSR count). The Balaban J connectivity index is 1.40. The van der Waals surface area contributed by atoms with Gasteiger partial charge in [0.2, 0.25) is 0 Å². The van der Waals surface area contributed by atoms with E-state index >= 15 is 0 Å². The van der Waals surface area contributed by atoms with Gasteiger partial charge in [0, 0.05) is 42.6 Å². The van der Waals surface area contributed by atoms with E-state index in [9.17, 15) is 4.39 Å². The molecule has 2 atom stereocenters. The highest BCUT2D eigenvalue weighted by molar-refractivity contribution is 5.86. The third-order valence-corrected chi connectivity index (χ3v) is 5.82. The van der Waals surface area contributed by atoms with Gasteiger partial charge in [-0.15, -0.1) is 0 Å². The monoisotopic (exact) mass is 425 g/mol. The van der Waals surface area contributed by atoms with Crippen molar-refractivity contribution in [3.63, 3.8) is 0 Å². The van der Waals surface area contributed by atoms with Gasteiger partial charge in [0.25, 0.3) is 0 Å². The van der Waals surface area contributed by atoms with E-state index in [0.29, 0.717) is 24.4 Å². The quantitative estimate of drug-likeness (QED) is 0.465. The SMILES string of the molecule is FC1CNCC1Oc1cccc2ccc(-c3cnc4cc(-c5cccnc5)ccn34)nc12. The van der Waals surface area contributed by atoms with E-state index < -0.39 is 12.3 Å². The summed E-state index contributed by atoms with van der Waals surface area (Å²) in [6.45, 7) is 0.806. The van der Waals surface area contributed by atoms with Crippen LogP contribution in [0.15, 0.2) is 79.4 Å². The van der Waals surface area contributed by atoms with Crippen LogP contribution in [0.3, 0.4) is 0 Å². The highest BCUT2D eigenvalue weighted by atomic mass is 19.1. The molecule has 0 saturated carbocycles. The van der Waals surface area contributed by atoms with Crippen LogP contribution in [-0.2, 0) is 0 Å². The number of imidazole rings is 1. The van der Waals surface area contributed by atoms with E-state index in [1.807, 2.05) is 77.6 Å². The molecule has 2 unspecified atom stereocenters. The van der Waals surface area contributed by atoms with Gasteiger partial charge in [-0.3, -0.25) is 9.38 Å². The van der Waals surface area contributed by atoms with Crippen molar-refractivity contribution in [3.05, 3.63) is 79.4 Å². The summed E-state index contributed by atoms with van der Waals surface area (Å²) < 4.78 is 22.1. The third kappa shape index (κ3) is 3.27. The highest BCUT2D eigenvalue weighted by Gasteiger charge is 2.29. The highest BCUT2D eigenvalue weighted by Crippen LogP contribution is 2.30. The average Bonchev–Trinajstić information content (AvgIpc) is 3.45. The Morgan fingerprint density at radius 1 is 1.00 bits per heavy atom. The molecule has 1 aliphatic heterocycles. The summed E-state index contributed by atoms with van der Waals surface area (Å²) in [4.78, 5) is 13.7. The molecule has 0 spiro atoms. The zero-order valence-corrected chi connectivity index (χ0v) is 17.1. The number of fused-ring (bicyclic) bond motifs is 2. The van der Waals surface area contributed by atoms with Gasteiger partial charge in [-0.05, 0) is 35.9 Å². The van der Waals surface area contributed by atoms with E-state index in [4.69, 9.17) is 9.72 Å². The summed E-state index contributed by atoms with van der Waals surface area (Å²) in [6, 6.07) is 17.7. The van der Waals surface area contributed by atoms with Crippen molar-refractivity contribution in [2.75, 3.05) is 13.1 Å². The summed E-state index contributed by atoms with van der Waals surface area (Å²) in [6.07, 6.45) is 5.87. The molecule has 0 bridgehead atoms. The minimum atomic E-state index is -1.03.